The predicted octanol–water partition coefficient (Wildman–Crippen LogP) is 2.27. The van der Waals surface area contributed by atoms with Crippen LogP contribution in [0.3, 0.4) is 0 Å². The Labute approximate surface area is 154 Å². The average molecular weight is 355 g/mol. The van der Waals surface area contributed by atoms with Crippen molar-refractivity contribution in [3.8, 4) is 5.75 Å². The summed E-state index contributed by atoms with van der Waals surface area (Å²) in [4.78, 5) is 25.4. The molecule has 0 spiro atoms. The number of ether oxygens (including phenoxy) is 1. The molecule has 1 N–H and O–H groups in total. The summed E-state index contributed by atoms with van der Waals surface area (Å²) in [6.45, 7) is 5.80. The van der Waals surface area contributed by atoms with Gasteiger partial charge in [-0.2, -0.15) is 0 Å². The van der Waals surface area contributed by atoms with Crippen LogP contribution in [-0.2, 0) is 0 Å². The van der Waals surface area contributed by atoms with Gasteiger partial charge in [0.25, 0.3) is 5.91 Å². The van der Waals surface area contributed by atoms with Crippen LogP contribution in [0, 0.1) is 0 Å². The highest BCUT2D eigenvalue weighted by Crippen LogP contribution is 2.21. The molecule has 0 saturated carbocycles. The van der Waals surface area contributed by atoms with Crippen molar-refractivity contribution in [1.82, 2.24) is 14.9 Å². The van der Waals surface area contributed by atoms with Gasteiger partial charge in [0.2, 0.25) is 5.95 Å². The Kier molecular flexibility index (Phi) is 5.88. The van der Waals surface area contributed by atoms with Crippen LogP contribution in [-0.4, -0.2) is 60.6 Å². The first kappa shape index (κ1) is 18.0. The molecule has 1 amide bonds. The minimum Gasteiger partial charge on any atom is -0.497 e. The third-order valence-electron chi connectivity index (χ3n) is 4.41. The number of anilines is 2. The van der Waals surface area contributed by atoms with Crippen molar-refractivity contribution >= 4 is 17.5 Å². The fraction of sp³-hybridized carbons (Fsp3) is 0.421. The second-order valence-electron chi connectivity index (χ2n) is 6.17. The second-order valence-corrected chi connectivity index (χ2v) is 6.17. The van der Waals surface area contributed by atoms with E-state index in [0.717, 1.165) is 37.5 Å². The van der Waals surface area contributed by atoms with Crippen LogP contribution in [0.2, 0.25) is 0 Å². The molecule has 7 heteroatoms. The Bertz CT molecular complexity index is 727. The van der Waals surface area contributed by atoms with Crippen molar-refractivity contribution < 1.29 is 9.53 Å². The lowest BCUT2D eigenvalue weighted by molar-refractivity contribution is 0.0741. The van der Waals surface area contributed by atoms with E-state index in [4.69, 9.17) is 4.74 Å². The van der Waals surface area contributed by atoms with Gasteiger partial charge in [0, 0.05) is 44.6 Å². The van der Waals surface area contributed by atoms with E-state index < -0.39 is 0 Å². The summed E-state index contributed by atoms with van der Waals surface area (Å²) in [5, 5.41) is 3.12. The zero-order chi connectivity index (χ0) is 18.4. The van der Waals surface area contributed by atoms with E-state index in [1.807, 2.05) is 29.2 Å². The van der Waals surface area contributed by atoms with Gasteiger partial charge in [-0.25, -0.2) is 9.97 Å². The maximum Gasteiger partial charge on any atom is 0.272 e. The van der Waals surface area contributed by atoms with Crippen molar-refractivity contribution in [3.63, 3.8) is 0 Å². The molecule has 1 aliphatic rings. The number of methoxy groups -OCH3 is 1. The Morgan fingerprint density at radius 2 is 1.88 bits per heavy atom. The van der Waals surface area contributed by atoms with Crippen molar-refractivity contribution in [3.05, 3.63) is 42.2 Å². The van der Waals surface area contributed by atoms with E-state index in [9.17, 15) is 4.79 Å². The summed E-state index contributed by atoms with van der Waals surface area (Å²) in [6.07, 6.45) is 2.61. The number of hydrogen-bond donors (Lipinski definition) is 1. The van der Waals surface area contributed by atoms with Gasteiger partial charge in [0.05, 0.1) is 7.11 Å². The Balaban J connectivity index is 1.59. The summed E-state index contributed by atoms with van der Waals surface area (Å²) >= 11 is 0. The van der Waals surface area contributed by atoms with Crippen LogP contribution in [0.25, 0.3) is 0 Å². The van der Waals surface area contributed by atoms with Crippen LogP contribution < -0.4 is 15.0 Å². The molecule has 1 aromatic heterocycles. The number of nitrogens with zero attached hydrogens (tertiary/aromatic N) is 4. The molecule has 1 saturated heterocycles. The quantitative estimate of drug-likeness (QED) is 0.857. The minimum atomic E-state index is -0.0404. The third kappa shape index (κ3) is 4.22. The zero-order valence-electron chi connectivity index (χ0n) is 15.3. The molecule has 1 aliphatic heterocycles. The number of rotatable bonds is 6. The number of nitrogens with one attached hydrogen (secondary N) is 1. The number of amides is 1. The summed E-state index contributed by atoms with van der Waals surface area (Å²) in [5.74, 6) is 1.31. The lowest BCUT2D eigenvalue weighted by Crippen LogP contribution is -2.49. The molecule has 3 rings (SSSR count). The molecule has 26 heavy (non-hydrogen) atoms. The first-order valence-corrected chi connectivity index (χ1v) is 8.96. The number of carbonyl (C=O) groups excluding carboxylic acids is 1. The van der Waals surface area contributed by atoms with E-state index in [0.29, 0.717) is 24.7 Å². The fourth-order valence-corrected chi connectivity index (χ4v) is 2.92. The maximum atomic E-state index is 12.7. The highest BCUT2D eigenvalue weighted by atomic mass is 16.5. The minimum absolute atomic E-state index is 0.0404. The van der Waals surface area contributed by atoms with Gasteiger partial charge in [0.1, 0.15) is 11.4 Å². The smallest absolute Gasteiger partial charge is 0.272 e. The molecular formula is C19H25N5O2. The Morgan fingerprint density at radius 3 is 2.54 bits per heavy atom. The normalized spacial score (nSPS) is 14.2. The molecule has 1 fully saturated rings. The highest BCUT2D eigenvalue weighted by molar-refractivity contribution is 5.92. The van der Waals surface area contributed by atoms with Gasteiger partial charge >= 0.3 is 0 Å². The van der Waals surface area contributed by atoms with E-state index in [2.05, 4.69) is 27.1 Å². The molecule has 2 aromatic rings. The summed E-state index contributed by atoms with van der Waals surface area (Å²) in [7, 11) is 1.66. The summed E-state index contributed by atoms with van der Waals surface area (Å²) in [5.41, 5.74) is 1.59. The fourth-order valence-electron chi connectivity index (χ4n) is 2.92. The maximum absolute atomic E-state index is 12.7. The number of benzene rings is 1. The molecule has 0 bridgehead atoms. The molecule has 2 heterocycles. The van der Waals surface area contributed by atoms with Crippen molar-refractivity contribution in [2.24, 2.45) is 0 Å². The van der Waals surface area contributed by atoms with E-state index in [1.165, 1.54) is 0 Å². The van der Waals surface area contributed by atoms with Crippen molar-refractivity contribution in [1.29, 1.82) is 0 Å². The molecule has 138 valence electrons. The van der Waals surface area contributed by atoms with Crippen LogP contribution in [0.5, 0.6) is 5.75 Å². The van der Waals surface area contributed by atoms with Gasteiger partial charge in [-0.3, -0.25) is 4.79 Å². The summed E-state index contributed by atoms with van der Waals surface area (Å²) < 4.78 is 5.20. The number of carbonyl (C=O) groups is 1. The van der Waals surface area contributed by atoms with Gasteiger partial charge in [-0.1, -0.05) is 6.92 Å². The molecular weight excluding hydrogens is 330 g/mol. The van der Waals surface area contributed by atoms with Crippen LogP contribution in [0.15, 0.2) is 36.5 Å². The largest absolute Gasteiger partial charge is 0.497 e. The first-order valence-electron chi connectivity index (χ1n) is 8.96. The molecule has 0 aliphatic carbocycles. The topological polar surface area (TPSA) is 70.6 Å². The Hall–Kier alpha value is -2.83. The molecule has 0 unspecified atom stereocenters. The van der Waals surface area contributed by atoms with Crippen molar-refractivity contribution in [2.45, 2.75) is 13.3 Å². The highest BCUT2D eigenvalue weighted by Gasteiger charge is 2.23. The van der Waals surface area contributed by atoms with Gasteiger partial charge in [0.15, 0.2) is 0 Å². The predicted molar refractivity (Wildman–Crippen MR) is 102 cm³/mol. The SMILES string of the molecule is CCCNc1nccc(C(=O)N2CCN(c3ccc(OC)cc3)CC2)n1. The molecule has 7 nitrogen and oxygen atoms in total. The lowest BCUT2D eigenvalue weighted by atomic mass is 10.2. The number of piperazine rings is 1. The van der Waals surface area contributed by atoms with E-state index in [-0.39, 0.29) is 5.91 Å². The van der Waals surface area contributed by atoms with Crippen LogP contribution in [0.4, 0.5) is 11.6 Å². The van der Waals surface area contributed by atoms with Gasteiger partial charge in [-0.15, -0.1) is 0 Å². The number of hydrogen-bond acceptors (Lipinski definition) is 6. The van der Waals surface area contributed by atoms with E-state index in [1.54, 1.807) is 19.4 Å². The van der Waals surface area contributed by atoms with Gasteiger partial charge in [-0.05, 0) is 36.8 Å². The van der Waals surface area contributed by atoms with Gasteiger partial charge < -0.3 is 19.9 Å². The van der Waals surface area contributed by atoms with Crippen LogP contribution in [0.1, 0.15) is 23.8 Å². The van der Waals surface area contributed by atoms with E-state index >= 15 is 0 Å². The Morgan fingerprint density at radius 1 is 1.15 bits per heavy atom. The second kappa shape index (κ2) is 8.51. The zero-order valence-corrected chi connectivity index (χ0v) is 15.3. The molecule has 0 radical (unpaired) electrons. The molecule has 0 atom stereocenters. The third-order valence-corrected chi connectivity index (χ3v) is 4.41. The first-order chi connectivity index (χ1) is 12.7. The summed E-state index contributed by atoms with van der Waals surface area (Å²) in [6, 6.07) is 9.69. The van der Waals surface area contributed by atoms with Crippen molar-refractivity contribution in [2.75, 3.05) is 50.1 Å². The standard InChI is InChI=1S/C19H25N5O2/c1-3-9-20-19-21-10-8-17(22-19)18(25)24-13-11-23(12-14-24)15-4-6-16(26-2)7-5-15/h4-8,10H,3,9,11-14H2,1-2H3,(H,20,21,22). The average Bonchev–Trinajstić information content (AvgIpc) is 2.72. The number of aromatic nitrogens is 2. The molecule has 1 aromatic carbocycles. The lowest BCUT2D eigenvalue weighted by Gasteiger charge is -2.36. The van der Waals surface area contributed by atoms with Crippen LogP contribution >= 0.6 is 0 Å². The monoisotopic (exact) mass is 355 g/mol.